The van der Waals surface area contributed by atoms with E-state index < -0.39 is 15.8 Å². The zero-order chi connectivity index (χ0) is 21.1. The summed E-state index contributed by atoms with van der Waals surface area (Å²) < 4.78 is 48.5. The van der Waals surface area contributed by atoms with Gasteiger partial charge in [-0.2, -0.15) is 5.10 Å². The molecule has 3 aromatic rings. The van der Waals surface area contributed by atoms with Gasteiger partial charge in [0.05, 0.1) is 41.7 Å². The van der Waals surface area contributed by atoms with Gasteiger partial charge in [-0.05, 0) is 49.2 Å². The molecular formula is C21H23FN4O3S. The van der Waals surface area contributed by atoms with Crippen LogP contribution >= 0.6 is 0 Å². The van der Waals surface area contributed by atoms with E-state index in [1.807, 2.05) is 28.9 Å². The van der Waals surface area contributed by atoms with Gasteiger partial charge in [-0.25, -0.2) is 17.5 Å². The van der Waals surface area contributed by atoms with Crippen molar-refractivity contribution in [1.29, 1.82) is 0 Å². The molecule has 1 aromatic carbocycles. The quantitative estimate of drug-likeness (QED) is 0.618. The first-order chi connectivity index (χ1) is 14.5. The molecule has 0 atom stereocenters. The average Bonchev–Trinajstić information content (AvgIpc) is 3.43. The van der Waals surface area contributed by atoms with Crippen LogP contribution in [-0.2, 0) is 16.6 Å². The summed E-state index contributed by atoms with van der Waals surface area (Å²) in [7, 11) is -2.58. The lowest BCUT2D eigenvalue weighted by Crippen LogP contribution is -2.23. The van der Waals surface area contributed by atoms with Crippen LogP contribution in [0.4, 0.5) is 4.39 Å². The highest BCUT2D eigenvalue weighted by Crippen LogP contribution is 2.33. The number of methoxy groups -OCH3 is 1. The lowest BCUT2D eigenvalue weighted by molar-refractivity contribution is 0.385. The maximum atomic E-state index is 13.9. The number of pyridine rings is 1. The highest BCUT2D eigenvalue weighted by atomic mass is 32.2. The highest BCUT2D eigenvalue weighted by Gasteiger charge is 2.23. The maximum absolute atomic E-state index is 13.9. The van der Waals surface area contributed by atoms with Gasteiger partial charge in [0.2, 0.25) is 10.0 Å². The van der Waals surface area contributed by atoms with Gasteiger partial charge in [-0.15, -0.1) is 0 Å². The monoisotopic (exact) mass is 430 g/mol. The molecule has 0 radical (unpaired) electrons. The minimum absolute atomic E-state index is 0.00443. The third kappa shape index (κ3) is 4.22. The Morgan fingerprint density at radius 2 is 2.00 bits per heavy atom. The smallest absolute Gasteiger partial charge is 0.241 e. The Labute approximate surface area is 175 Å². The zero-order valence-electron chi connectivity index (χ0n) is 16.6. The normalized spacial score (nSPS) is 14.9. The number of nitrogens with one attached hydrogen (secondary N) is 1. The second-order valence-electron chi connectivity index (χ2n) is 7.24. The molecule has 1 aliphatic carbocycles. The number of rotatable bonds is 7. The fourth-order valence-electron chi connectivity index (χ4n) is 3.73. The van der Waals surface area contributed by atoms with Crippen LogP contribution in [-0.4, -0.2) is 30.3 Å². The van der Waals surface area contributed by atoms with Gasteiger partial charge in [0.25, 0.3) is 0 Å². The number of ether oxygens (including phenoxy) is 1. The molecule has 0 bridgehead atoms. The van der Waals surface area contributed by atoms with Crippen LogP contribution in [0.3, 0.4) is 0 Å². The van der Waals surface area contributed by atoms with Crippen LogP contribution in [0.2, 0.25) is 0 Å². The molecule has 2 aromatic heterocycles. The van der Waals surface area contributed by atoms with E-state index in [1.165, 1.54) is 19.2 Å². The third-order valence-electron chi connectivity index (χ3n) is 5.26. The lowest BCUT2D eigenvalue weighted by Gasteiger charge is -2.13. The van der Waals surface area contributed by atoms with Crippen LogP contribution < -0.4 is 9.46 Å². The largest absolute Gasteiger partial charge is 0.494 e. The maximum Gasteiger partial charge on any atom is 0.241 e. The Morgan fingerprint density at radius 3 is 2.67 bits per heavy atom. The van der Waals surface area contributed by atoms with Gasteiger partial charge in [0.1, 0.15) is 0 Å². The summed E-state index contributed by atoms with van der Waals surface area (Å²) >= 11 is 0. The fourth-order valence-corrected chi connectivity index (χ4v) is 4.74. The summed E-state index contributed by atoms with van der Waals surface area (Å²) in [5.74, 6) is -0.743. The van der Waals surface area contributed by atoms with E-state index in [2.05, 4.69) is 14.8 Å². The first-order valence-electron chi connectivity index (χ1n) is 9.81. The Bertz CT molecular complexity index is 1130. The SMILES string of the molecule is COc1ccc(S(=O)(=O)NCc2cc(-c3ccccn3)n(C3CCCC3)n2)cc1F. The second-order valence-corrected chi connectivity index (χ2v) is 9.01. The summed E-state index contributed by atoms with van der Waals surface area (Å²) in [6.07, 6.45) is 6.10. The molecule has 30 heavy (non-hydrogen) atoms. The molecule has 1 aliphatic rings. The van der Waals surface area contributed by atoms with Crippen molar-refractivity contribution in [2.75, 3.05) is 7.11 Å². The molecule has 7 nitrogen and oxygen atoms in total. The summed E-state index contributed by atoms with van der Waals surface area (Å²) in [6.45, 7) is -0.00443. The molecule has 0 spiro atoms. The molecule has 1 fully saturated rings. The second kappa shape index (κ2) is 8.53. The zero-order valence-corrected chi connectivity index (χ0v) is 17.4. The van der Waals surface area contributed by atoms with Crippen molar-refractivity contribution in [1.82, 2.24) is 19.5 Å². The molecular weight excluding hydrogens is 407 g/mol. The Morgan fingerprint density at radius 1 is 1.20 bits per heavy atom. The Hall–Kier alpha value is -2.78. The van der Waals surface area contributed by atoms with Crippen molar-refractivity contribution < 1.29 is 17.5 Å². The van der Waals surface area contributed by atoms with Crippen molar-refractivity contribution in [3.05, 3.63) is 60.2 Å². The highest BCUT2D eigenvalue weighted by molar-refractivity contribution is 7.89. The Kier molecular flexibility index (Phi) is 5.83. The number of hydrogen-bond acceptors (Lipinski definition) is 5. The molecule has 1 saturated carbocycles. The first-order valence-corrected chi connectivity index (χ1v) is 11.3. The lowest BCUT2D eigenvalue weighted by atomic mass is 10.2. The van der Waals surface area contributed by atoms with Crippen LogP contribution in [0.15, 0.2) is 53.6 Å². The molecule has 4 rings (SSSR count). The molecule has 9 heteroatoms. The van der Waals surface area contributed by atoms with Gasteiger partial charge >= 0.3 is 0 Å². The van der Waals surface area contributed by atoms with E-state index in [0.29, 0.717) is 5.69 Å². The summed E-state index contributed by atoms with van der Waals surface area (Å²) in [6, 6.07) is 11.4. The molecule has 158 valence electrons. The van der Waals surface area contributed by atoms with Gasteiger partial charge in [-0.1, -0.05) is 18.9 Å². The number of sulfonamides is 1. The first kappa shape index (κ1) is 20.5. The molecule has 0 unspecified atom stereocenters. The number of nitrogens with zero attached hydrogens (tertiary/aromatic N) is 3. The third-order valence-corrected chi connectivity index (χ3v) is 6.66. The fraction of sp³-hybridized carbons (Fsp3) is 0.333. The molecule has 0 amide bonds. The van der Waals surface area contributed by atoms with Crippen molar-refractivity contribution in [2.45, 2.75) is 43.2 Å². The molecule has 1 N–H and O–H groups in total. The van der Waals surface area contributed by atoms with E-state index in [0.717, 1.165) is 43.1 Å². The predicted molar refractivity (Wildman–Crippen MR) is 110 cm³/mol. The minimum Gasteiger partial charge on any atom is -0.494 e. The number of aromatic nitrogens is 3. The van der Waals surface area contributed by atoms with Crippen molar-refractivity contribution in [3.8, 4) is 17.1 Å². The minimum atomic E-state index is -3.90. The topological polar surface area (TPSA) is 86.1 Å². The standard InChI is InChI=1S/C21H23FN4O3S/c1-29-21-10-9-17(13-18(21)22)30(27,28)24-14-15-12-20(19-8-4-5-11-23-19)26(25-15)16-6-2-3-7-16/h4-5,8-13,16,24H,2-3,6-7,14H2,1H3. The van der Waals surface area contributed by atoms with Gasteiger partial charge in [0.15, 0.2) is 11.6 Å². The number of halogens is 1. The van der Waals surface area contributed by atoms with Crippen LogP contribution in [0, 0.1) is 5.82 Å². The summed E-state index contributed by atoms with van der Waals surface area (Å²) in [5.41, 5.74) is 2.25. The van der Waals surface area contributed by atoms with E-state index in [9.17, 15) is 12.8 Å². The van der Waals surface area contributed by atoms with Crippen molar-refractivity contribution in [2.24, 2.45) is 0 Å². The van der Waals surface area contributed by atoms with E-state index >= 15 is 0 Å². The van der Waals surface area contributed by atoms with Gasteiger partial charge in [-0.3, -0.25) is 9.67 Å². The Balaban J connectivity index is 1.58. The van der Waals surface area contributed by atoms with E-state index in [4.69, 9.17) is 4.74 Å². The van der Waals surface area contributed by atoms with Crippen molar-refractivity contribution >= 4 is 10.0 Å². The molecule has 2 heterocycles. The summed E-state index contributed by atoms with van der Waals surface area (Å²) in [5, 5.41) is 4.67. The van der Waals surface area contributed by atoms with Gasteiger partial charge < -0.3 is 4.74 Å². The van der Waals surface area contributed by atoms with Crippen LogP contribution in [0.25, 0.3) is 11.4 Å². The summed E-state index contributed by atoms with van der Waals surface area (Å²) in [4.78, 5) is 4.26. The van der Waals surface area contributed by atoms with E-state index in [1.54, 1.807) is 6.20 Å². The van der Waals surface area contributed by atoms with Crippen LogP contribution in [0.1, 0.15) is 37.4 Å². The molecule has 0 aliphatic heterocycles. The number of benzene rings is 1. The van der Waals surface area contributed by atoms with Gasteiger partial charge in [0, 0.05) is 6.20 Å². The van der Waals surface area contributed by atoms with Crippen LogP contribution in [0.5, 0.6) is 5.75 Å². The average molecular weight is 431 g/mol. The molecule has 0 saturated heterocycles. The number of hydrogen-bond donors (Lipinski definition) is 1. The van der Waals surface area contributed by atoms with Crippen molar-refractivity contribution in [3.63, 3.8) is 0 Å². The van der Waals surface area contributed by atoms with E-state index in [-0.39, 0.29) is 23.2 Å². The predicted octanol–water partition coefficient (Wildman–Crippen LogP) is 3.69.